The first-order valence-electron chi connectivity index (χ1n) is 4.11. The van der Waals surface area contributed by atoms with Gasteiger partial charge < -0.3 is 5.73 Å². The molecular weight excluding hydrogens is 138 g/mol. The van der Waals surface area contributed by atoms with Crippen molar-refractivity contribution in [2.75, 3.05) is 6.54 Å². The van der Waals surface area contributed by atoms with Crippen molar-refractivity contribution >= 4 is 0 Å². The van der Waals surface area contributed by atoms with E-state index in [1.54, 1.807) is 0 Å². The van der Waals surface area contributed by atoms with Crippen LogP contribution in [0.4, 0.5) is 0 Å². The van der Waals surface area contributed by atoms with Crippen LogP contribution in [-0.2, 0) is 0 Å². The van der Waals surface area contributed by atoms with Gasteiger partial charge in [0.05, 0.1) is 0 Å². The first-order valence-corrected chi connectivity index (χ1v) is 4.11. The zero-order chi connectivity index (χ0) is 8.43. The van der Waals surface area contributed by atoms with Gasteiger partial charge >= 0.3 is 0 Å². The summed E-state index contributed by atoms with van der Waals surface area (Å²) in [5.41, 5.74) is 8.95. The Morgan fingerprint density at radius 2 is 2.18 bits per heavy atom. The fourth-order valence-corrected chi connectivity index (χ4v) is 1.12. The van der Waals surface area contributed by atoms with Gasteiger partial charge in [-0.2, -0.15) is 0 Å². The summed E-state index contributed by atoms with van der Waals surface area (Å²) in [6, 6.07) is 0.466. The molecule has 1 heterocycles. The summed E-state index contributed by atoms with van der Waals surface area (Å²) in [6.45, 7) is 7.42. The molecule has 0 spiro atoms. The maximum atomic E-state index is 5.74. The standard InChI is InChI=1S/C8H17N3/c1-6(2)7(3)11-8(9)4-5-10-11/h4,6-7,10H,5,9H2,1-3H3/t7-/m0/s1. The molecule has 1 rings (SSSR count). The lowest BCUT2D eigenvalue weighted by atomic mass is 10.1. The molecule has 0 aromatic heterocycles. The highest BCUT2D eigenvalue weighted by atomic mass is 15.6. The van der Waals surface area contributed by atoms with Crippen molar-refractivity contribution in [3.63, 3.8) is 0 Å². The van der Waals surface area contributed by atoms with Crippen LogP contribution in [0.3, 0.4) is 0 Å². The molecule has 0 saturated heterocycles. The molecule has 64 valence electrons. The molecule has 1 atom stereocenters. The largest absolute Gasteiger partial charge is 0.385 e. The number of hydrazine groups is 1. The Kier molecular flexibility index (Phi) is 2.39. The summed E-state index contributed by atoms with van der Waals surface area (Å²) >= 11 is 0. The zero-order valence-electron chi connectivity index (χ0n) is 7.46. The van der Waals surface area contributed by atoms with Crippen LogP contribution in [0, 0.1) is 5.92 Å². The second kappa shape index (κ2) is 3.13. The quantitative estimate of drug-likeness (QED) is 0.615. The first-order chi connectivity index (χ1) is 5.13. The van der Waals surface area contributed by atoms with E-state index < -0.39 is 0 Å². The Morgan fingerprint density at radius 3 is 2.55 bits per heavy atom. The third-order valence-electron chi connectivity index (χ3n) is 2.22. The molecule has 0 unspecified atom stereocenters. The summed E-state index contributed by atoms with van der Waals surface area (Å²) in [6.07, 6.45) is 2.00. The van der Waals surface area contributed by atoms with Crippen molar-refractivity contribution in [2.45, 2.75) is 26.8 Å². The van der Waals surface area contributed by atoms with Gasteiger partial charge in [0, 0.05) is 12.6 Å². The topological polar surface area (TPSA) is 41.3 Å². The Bertz CT molecular complexity index is 163. The number of hydrogen-bond donors (Lipinski definition) is 2. The average Bonchev–Trinajstić information content (AvgIpc) is 2.33. The molecule has 11 heavy (non-hydrogen) atoms. The SMILES string of the molecule is CC(C)[C@H](C)N1NCC=C1N. The van der Waals surface area contributed by atoms with Gasteiger partial charge in [0.15, 0.2) is 0 Å². The van der Waals surface area contributed by atoms with Crippen molar-refractivity contribution in [1.29, 1.82) is 0 Å². The average molecular weight is 155 g/mol. The van der Waals surface area contributed by atoms with Gasteiger partial charge in [-0.05, 0) is 18.9 Å². The van der Waals surface area contributed by atoms with E-state index in [1.807, 2.05) is 11.1 Å². The Balaban J connectivity index is 2.54. The van der Waals surface area contributed by atoms with Gasteiger partial charge in [-0.1, -0.05) is 13.8 Å². The minimum Gasteiger partial charge on any atom is -0.385 e. The molecule has 3 nitrogen and oxygen atoms in total. The number of hydrogen-bond acceptors (Lipinski definition) is 3. The minimum atomic E-state index is 0.466. The predicted molar refractivity (Wildman–Crippen MR) is 46.4 cm³/mol. The summed E-state index contributed by atoms with van der Waals surface area (Å²) < 4.78 is 0. The van der Waals surface area contributed by atoms with Gasteiger partial charge in [0.1, 0.15) is 5.82 Å². The molecule has 0 aliphatic carbocycles. The molecular formula is C8H17N3. The van der Waals surface area contributed by atoms with Crippen molar-refractivity contribution < 1.29 is 0 Å². The fourth-order valence-electron chi connectivity index (χ4n) is 1.12. The molecule has 0 saturated carbocycles. The van der Waals surface area contributed by atoms with Crippen LogP contribution in [0.2, 0.25) is 0 Å². The molecule has 0 bridgehead atoms. The highest BCUT2D eigenvalue weighted by molar-refractivity contribution is 5.03. The number of nitrogens with zero attached hydrogens (tertiary/aromatic N) is 1. The van der Waals surface area contributed by atoms with Gasteiger partial charge in [0.2, 0.25) is 0 Å². The van der Waals surface area contributed by atoms with Crippen LogP contribution in [0.25, 0.3) is 0 Å². The normalized spacial score (nSPS) is 20.7. The maximum Gasteiger partial charge on any atom is 0.111 e. The number of nitrogens with one attached hydrogen (secondary N) is 1. The van der Waals surface area contributed by atoms with E-state index in [2.05, 4.69) is 26.2 Å². The van der Waals surface area contributed by atoms with E-state index in [0.29, 0.717) is 12.0 Å². The molecule has 1 aliphatic heterocycles. The smallest absolute Gasteiger partial charge is 0.111 e. The van der Waals surface area contributed by atoms with Crippen LogP contribution in [-0.4, -0.2) is 17.6 Å². The number of nitrogens with two attached hydrogens (primary N) is 1. The van der Waals surface area contributed by atoms with Crippen molar-refractivity contribution in [2.24, 2.45) is 11.7 Å². The Hall–Kier alpha value is -0.700. The van der Waals surface area contributed by atoms with E-state index in [9.17, 15) is 0 Å². The summed E-state index contributed by atoms with van der Waals surface area (Å²) in [4.78, 5) is 0. The van der Waals surface area contributed by atoms with Crippen molar-refractivity contribution in [1.82, 2.24) is 10.4 Å². The maximum absolute atomic E-state index is 5.74. The van der Waals surface area contributed by atoms with Crippen LogP contribution in [0.5, 0.6) is 0 Å². The van der Waals surface area contributed by atoms with Crippen molar-refractivity contribution in [3.05, 3.63) is 11.9 Å². The Labute approximate surface area is 68.2 Å². The lowest BCUT2D eigenvalue weighted by Gasteiger charge is -2.29. The van der Waals surface area contributed by atoms with Gasteiger partial charge in [-0.15, -0.1) is 0 Å². The van der Waals surface area contributed by atoms with Crippen LogP contribution in [0.1, 0.15) is 20.8 Å². The van der Waals surface area contributed by atoms with E-state index in [-0.39, 0.29) is 0 Å². The molecule has 0 aromatic carbocycles. The number of rotatable bonds is 2. The van der Waals surface area contributed by atoms with E-state index >= 15 is 0 Å². The third-order valence-corrected chi connectivity index (χ3v) is 2.22. The summed E-state index contributed by atoms with van der Waals surface area (Å²) in [5, 5.41) is 2.03. The van der Waals surface area contributed by atoms with Crippen molar-refractivity contribution in [3.8, 4) is 0 Å². The lowest BCUT2D eigenvalue weighted by molar-refractivity contribution is 0.170. The van der Waals surface area contributed by atoms with Crippen LogP contribution < -0.4 is 11.2 Å². The highest BCUT2D eigenvalue weighted by Crippen LogP contribution is 2.13. The van der Waals surface area contributed by atoms with E-state index in [1.165, 1.54) is 0 Å². The monoisotopic (exact) mass is 155 g/mol. The zero-order valence-corrected chi connectivity index (χ0v) is 7.46. The highest BCUT2D eigenvalue weighted by Gasteiger charge is 2.20. The Morgan fingerprint density at radius 1 is 1.55 bits per heavy atom. The molecule has 3 N–H and O–H groups in total. The van der Waals surface area contributed by atoms with Gasteiger partial charge in [-0.25, -0.2) is 5.43 Å². The second-order valence-electron chi connectivity index (χ2n) is 3.35. The minimum absolute atomic E-state index is 0.466. The third kappa shape index (κ3) is 1.66. The fraction of sp³-hybridized carbons (Fsp3) is 0.750. The molecule has 0 amide bonds. The molecule has 3 heteroatoms. The first kappa shape index (κ1) is 8.40. The predicted octanol–water partition coefficient (Wildman–Crippen LogP) is 0.651. The van der Waals surface area contributed by atoms with Crippen LogP contribution in [0.15, 0.2) is 11.9 Å². The second-order valence-corrected chi connectivity index (χ2v) is 3.35. The molecule has 0 aromatic rings. The van der Waals surface area contributed by atoms with Gasteiger partial charge in [-0.3, -0.25) is 5.01 Å². The summed E-state index contributed by atoms with van der Waals surface area (Å²) in [7, 11) is 0. The van der Waals surface area contributed by atoms with E-state index in [4.69, 9.17) is 5.73 Å². The molecule has 0 radical (unpaired) electrons. The summed E-state index contributed by atoms with van der Waals surface area (Å²) in [5.74, 6) is 1.47. The van der Waals surface area contributed by atoms with E-state index in [0.717, 1.165) is 12.4 Å². The van der Waals surface area contributed by atoms with Crippen LogP contribution >= 0.6 is 0 Å². The molecule has 0 fully saturated rings. The lowest BCUT2D eigenvalue weighted by Crippen LogP contribution is -2.44. The molecule has 1 aliphatic rings. The van der Waals surface area contributed by atoms with Gasteiger partial charge in [0.25, 0.3) is 0 Å².